The van der Waals surface area contributed by atoms with Crippen LogP contribution < -0.4 is 5.32 Å². The predicted molar refractivity (Wildman–Crippen MR) is 69.9 cm³/mol. The van der Waals surface area contributed by atoms with Crippen molar-refractivity contribution in [2.75, 3.05) is 12.4 Å². The number of nitrogens with zero attached hydrogens (tertiary/aromatic N) is 3. The van der Waals surface area contributed by atoms with E-state index in [9.17, 15) is 0 Å². The maximum Gasteiger partial charge on any atom is 0.222 e. The molecular weight excluding hydrogens is 212 g/mol. The topological polar surface area (TPSA) is 41.1 Å². The largest absolute Gasteiger partial charge is 0.357 e. The third-order valence-electron chi connectivity index (χ3n) is 3.71. The lowest BCUT2D eigenvalue weighted by atomic mass is 10.1. The minimum Gasteiger partial charge on any atom is -0.357 e. The van der Waals surface area contributed by atoms with Crippen LogP contribution in [0.5, 0.6) is 0 Å². The Balaban J connectivity index is 2.08. The van der Waals surface area contributed by atoms with Gasteiger partial charge in [0.15, 0.2) is 0 Å². The molecule has 2 heterocycles. The van der Waals surface area contributed by atoms with Crippen molar-refractivity contribution in [3.63, 3.8) is 0 Å². The van der Waals surface area contributed by atoms with Gasteiger partial charge in [0.05, 0.1) is 5.69 Å². The van der Waals surface area contributed by atoms with Gasteiger partial charge in [-0.15, -0.1) is 0 Å². The summed E-state index contributed by atoms with van der Waals surface area (Å²) in [4.78, 5) is 11.2. The molecule has 94 valence electrons. The molecule has 2 atom stereocenters. The Morgan fingerprint density at radius 3 is 3.00 bits per heavy atom. The Morgan fingerprint density at radius 1 is 1.47 bits per heavy atom. The first-order valence-electron chi connectivity index (χ1n) is 6.50. The fourth-order valence-corrected chi connectivity index (χ4v) is 2.64. The van der Waals surface area contributed by atoms with Gasteiger partial charge in [0, 0.05) is 31.9 Å². The monoisotopic (exact) mass is 234 g/mol. The van der Waals surface area contributed by atoms with Crippen LogP contribution in [-0.4, -0.2) is 34.0 Å². The van der Waals surface area contributed by atoms with Crippen LogP contribution in [0, 0.1) is 0 Å². The summed E-state index contributed by atoms with van der Waals surface area (Å²) in [6.45, 7) is 5.53. The van der Waals surface area contributed by atoms with Crippen molar-refractivity contribution in [3.8, 4) is 0 Å². The number of hydrogen-bond donors (Lipinski definition) is 1. The average Bonchev–Trinajstić information content (AvgIpc) is 2.71. The molecule has 0 amide bonds. The van der Waals surface area contributed by atoms with Gasteiger partial charge in [-0.1, -0.05) is 6.92 Å². The molecule has 1 N–H and O–H groups in total. The summed E-state index contributed by atoms with van der Waals surface area (Å²) in [6, 6.07) is 3.41. The highest BCUT2D eigenvalue weighted by Gasteiger charge is 2.29. The van der Waals surface area contributed by atoms with Crippen molar-refractivity contribution in [1.29, 1.82) is 0 Å². The summed E-state index contributed by atoms with van der Waals surface area (Å²) >= 11 is 0. The minimum atomic E-state index is 0.674. The van der Waals surface area contributed by atoms with Gasteiger partial charge in [-0.05, 0) is 32.3 Å². The van der Waals surface area contributed by atoms with Crippen molar-refractivity contribution >= 4 is 5.95 Å². The molecule has 1 aromatic heterocycles. The maximum atomic E-state index is 4.49. The first kappa shape index (κ1) is 12.3. The van der Waals surface area contributed by atoms with Gasteiger partial charge in [-0.25, -0.2) is 9.97 Å². The maximum absolute atomic E-state index is 4.49. The molecule has 0 spiro atoms. The van der Waals surface area contributed by atoms with E-state index >= 15 is 0 Å². The van der Waals surface area contributed by atoms with Gasteiger partial charge in [0.1, 0.15) is 0 Å². The van der Waals surface area contributed by atoms with E-state index in [0.717, 1.165) is 18.3 Å². The molecule has 17 heavy (non-hydrogen) atoms. The highest BCUT2D eigenvalue weighted by Crippen LogP contribution is 2.27. The second-order valence-corrected chi connectivity index (χ2v) is 4.78. The summed E-state index contributed by atoms with van der Waals surface area (Å²) in [5.41, 5.74) is 1.11. The standard InChI is InChI=1S/C13H22N4/c1-4-12-6-5-10(2)17(12)9-11-7-8-15-13(14-3)16-11/h7-8,10,12H,4-6,9H2,1-3H3,(H,14,15,16). The Kier molecular flexibility index (Phi) is 3.94. The highest BCUT2D eigenvalue weighted by molar-refractivity contribution is 5.23. The molecule has 4 nitrogen and oxygen atoms in total. The lowest BCUT2D eigenvalue weighted by Gasteiger charge is -2.27. The molecule has 0 radical (unpaired) electrons. The number of anilines is 1. The Labute approximate surface area is 103 Å². The average molecular weight is 234 g/mol. The van der Waals surface area contributed by atoms with Gasteiger partial charge >= 0.3 is 0 Å². The molecule has 1 fully saturated rings. The zero-order valence-corrected chi connectivity index (χ0v) is 11.0. The van der Waals surface area contributed by atoms with Crippen LogP contribution >= 0.6 is 0 Å². The lowest BCUT2D eigenvalue weighted by molar-refractivity contribution is 0.187. The van der Waals surface area contributed by atoms with Crippen LogP contribution in [0.4, 0.5) is 5.95 Å². The second-order valence-electron chi connectivity index (χ2n) is 4.78. The third kappa shape index (κ3) is 2.75. The summed E-state index contributed by atoms with van der Waals surface area (Å²) in [5.74, 6) is 0.711. The summed E-state index contributed by atoms with van der Waals surface area (Å²) in [6.07, 6.45) is 5.69. The van der Waals surface area contributed by atoms with E-state index in [0.29, 0.717) is 12.0 Å². The summed E-state index contributed by atoms with van der Waals surface area (Å²) in [5, 5.41) is 2.99. The van der Waals surface area contributed by atoms with Crippen LogP contribution in [0.2, 0.25) is 0 Å². The smallest absolute Gasteiger partial charge is 0.222 e. The van der Waals surface area contributed by atoms with E-state index < -0.39 is 0 Å². The first-order chi connectivity index (χ1) is 8.24. The van der Waals surface area contributed by atoms with Gasteiger partial charge in [0.2, 0.25) is 5.95 Å². The van der Waals surface area contributed by atoms with Crippen molar-refractivity contribution in [1.82, 2.24) is 14.9 Å². The van der Waals surface area contributed by atoms with Gasteiger partial charge < -0.3 is 5.32 Å². The Bertz CT molecular complexity index is 366. The van der Waals surface area contributed by atoms with Gasteiger partial charge in [-0.2, -0.15) is 0 Å². The SMILES string of the molecule is CCC1CCC(C)N1Cc1ccnc(NC)n1. The fraction of sp³-hybridized carbons (Fsp3) is 0.692. The number of likely N-dealkylation sites (tertiary alicyclic amines) is 1. The van der Waals surface area contributed by atoms with E-state index in [-0.39, 0.29) is 0 Å². The molecule has 1 saturated heterocycles. The van der Waals surface area contributed by atoms with Crippen LogP contribution in [0.3, 0.4) is 0 Å². The summed E-state index contributed by atoms with van der Waals surface area (Å²) < 4.78 is 0. The van der Waals surface area contributed by atoms with E-state index in [1.165, 1.54) is 19.3 Å². The molecule has 2 rings (SSSR count). The van der Waals surface area contributed by atoms with Crippen LogP contribution in [-0.2, 0) is 6.54 Å². The normalized spacial score (nSPS) is 25.1. The van der Waals surface area contributed by atoms with Crippen LogP contribution in [0.15, 0.2) is 12.3 Å². The first-order valence-corrected chi connectivity index (χ1v) is 6.50. The van der Waals surface area contributed by atoms with Crippen molar-refractivity contribution in [3.05, 3.63) is 18.0 Å². The van der Waals surface area contributed by atoms with E-state index in [4.69, 9.17) is 0 Å². The van der Waals surface area contributed by atoms with Gasteiger partial charge in [-0.3, -0.25) is 4.90 Å². The van der Waals surface area contributed by atoms with E-state index in [1.807, 2.05) is 19.3 Å². The number of rotatable bonds is 4. The molecular formula is C13H22N4. The van der Waals surface area contributed by atoms with Crippen LogP contribution in [0.1, 0.15) is 38.8 Å². The molecule has 2 unspecified atom stereocenters. The number of aromatic nitrogens is 2. The molecule has 1 aliphatic rings. The predicted octanol–water partition coefficient (Wildman–Crippen LogP) is 2.28. The quantitative estimate of drug-likeness (QED) is 0.867. The van der Waals surface area contributed by atoms with E-state index in [2.05, 4.69) is 34.0 Å². The third-order valence-corrected chi connectivity index (χ3v) is 3.71. The molecule has 0 saturated carbocycles. The minimum absolute atomic E-state index is 0.674. The zero-order chi connectivity index (χ0) is 12.3. The summed E-state index contributed by atoms with van der Waals surface area (Å²) in [7, 11) is 1.85. The highest BCUT2D eigenvalue weighted by atomic mass is 15.2. The van der Waals surface area contributed by atoms with Crippen molar-refractivity contribution in [2.24, 2.45) is 0 Å². The molecule has 4 heteroatoms. The number of hydrogen-bond acceptors (Lipinski definition) is 4. The van der Waals surface area contributed by atoms with Gasteiger partial charge in [0.25, 0.3) is 0 Å². The Hall–Kier alpha value is -1.16. The van der Waals surface area contributed by atoms with E-state index in [1.54, 1.807) is 0 Å². The number of nitrogens with one attached hydrogen (secondary N) is 1. The molecule has 1 aliphatic heterocycles. The van der Waals surface area contributed by atoms with Crippen molar-refractivity contribution in [2.45, 2.75) is 51.7 Å². The second kappa shape index (κ2) is 5.45. The molecule has 0 bridgehead atoms. The van der Waals surface area contributed by atoms with Crippen LogP contribution in [0.25, 0.3) is 0 Å². The molecule has 0 aliphatic carbocycles. The fourth-order valence-electron chi connectivity index (χ4n) is 2.64. The lowest BCUT2D eigenvalue weighted by Crippen LogP contribution is -2.33. The molecule has 0 aromatic carbocycles. The zero-order valence-electron chi connectivity index (χ0n) is 11.0. The molecule has 1 aromatic rings. The van der Waals surface area contributed by atoms with Crippen molar-refractivity contribution < 1.29 is 0 Å². The Morgan fingerprint density at radius 2 is 2.29 bits per heavy atom.